The molecule has 1 heterocycles. The molecule has 1 aliphatic heterocycles. The van der Waals surface area contributed by atoms with Gasteiger partial charge in [-0.05, 0) is 45.2 Å². The summed E-state index contributed by atoms with van der Waals surface area (Å²) in [7, 11) is 1.78. The summed E-state index contributed by atoms with van der Waals surface area (Å²) in [4.78, 5) is 13.6. The highest BCUT2D eigenvalue weighted by Gasteiger charge is 2.21. The third kappa shape index (κ3) is 6.36. The van der Waals surface area contributed by atoms with Crippen molar-refractivity contribution >= 4 is 5.97 Å². The first-order valence-corrected chi connectivity index (χ1v) is 7.13. The summed E-state index contributed by atoms with van der Waals surface area (Å²) in [5.74, 6) is 0.661. The van der Waals surface area contributed by atoms with E-state index < -0.39 is 0 Å². The van der Waals surface area contributed by atoms with Crippen molar-refractivity contribution in [3.05, 3.63) is 0 Å². The summed E-state index contributed by atoms with van der Waals surface area (Å²) < 4.78 is 10.1. The monoisotopic (exact) mass is 257 g/mol. The number of methoxy groups -OCH3 is 1. The SMILES string of the molecule is CCOC(=O)CCCCCN1CCC(COC)C1. The summed E-state index contributed by atoms with van der Waals surface area (Å²) >= 11 is 0. The van der Waals surface area contributed by atoms with Gasteiger partial charge in [-0.3, -0.25) is 4.79 Å². The minimum atomic E-state index is -0.0566. The molecule has 0 amide bonds. The Bertz CT molecular complexity index is 233. The van der Waals surface area contributed by atoms with Crippen LogP contribution in [-0.2, 0) is 14.3 Å². The molecule has 0 N–H and O–H groups in total. The first kappa shape index (κ1) is 15.4. The van der Waals surface area contributed by atoms with Crippen LogP contribution in [0.25, 0.3) is 0 Å². The molecule has 106 valence electrons. The third-order valence-electron chi connectivity index (χ3n) is 3.43. The molecule has 1 aliphatic rings. The predicted octanol–water partition coefficient (Wildman–Crippen LogP) is 2.08. The quantitative estimate of drug-likeness (QED) is 0.468. The molecular weight excluding hydrogens is 230 g/mol. The Morgan fingerprint density at radius 2 is 2.17 bits per heavy atom. The van der Waals surface area contributed by atoms with Crippen molar-refractivity contribution in [3.63, 3.8) is 0 Å². The fourth-order valence-corrected chi connectivity index (χ4v) is 2.50. The van der Waals surface area contributed by atoms with Gasteiger partial charge in [0.05, 0.1) is 13.2 Å². The molecule has 1 atom stereocenters. The molecule has 1 rings (SSSR count). The van der Waals surface area contributed by atoms with Gasteiger partial charge in [0.15, 0.2) is 0 Å². The largest absolute Gasteiger partial charge is 0.466 e. The molecule has 0 bridgehead atoms. The van der Waals surface area contributed by atoms with Crippen LogP contribution in [0.1, 0.15) is 39.0 Å². The van der Waals surface area contributed by atoms with E-state index in [9.17, 15) is 4.79 Å². The molecule has 4 heteroatoms. The van der Waals surface area contributed by atoms with Crippen LogP contribution >= 0.6 is 0 Å². The second-order valence-electron chi connectivity index (χ2n) is 5.03. The van der Waals surface area contributed by atoms with Crippen LogP contribution in [0.3, 0.4) is 0 Å². The van der Waals surface area contributed by atoms with Crippen molar-refractivity contribution in [2.75, 3.05) is 40.0 Å². The zero-order valence-corrected chi connectivity index (χ0v) is 11.8. The average Bonchev–Trinajstić information content (AvgIpc) is 2.77. The zero-order valence-electron chi connectivity index (χ0n) is 11.8. The smallest absolute Gasteiger partial charge is 0.305 e. The second-order valence-corrected chi connectivity index (χ2v) is 5.03. The molecule has 1 unspecified atom stereocenters. The van der Waals surface area contributed by atoms with Gasteiger partial charge < -0.3 is 14.4 Å². The lowest BCUT2D eigenvalue weighted by atomic mass is 10.1. The Balaban J connectivity index is 1.94. The lowest BCUT2D eigenvalue weighted by Crippen LogP contribution is -2.23. The van der Waals surface area contributed by atoms with Crippen molar-refractivity contribution in [2.45, 2.75) is 39.0 Å². The molecule has 0 aromatic heterocycles. The Kier molecular flexibility index (Phi) is 8.01. The normalized spacial score (nSPS) is 20.2. The number of esters is 1. The summed E-state index contributed by atoms with van der Waals surface area (Å²) in [5.41, 5.74) is 0. The highest BCUT2D eigenvalue weighted by atomic mass is 16.5. The lowest BCUT2D eigenvalue weighted by molar-refractivity contribution is -0.143. The number of carbonyl (C=O) groups is 1. The molecular formula is C14H27NO3. The van der Waals surface area contributed by atoms with E-state index in [-0.39, 0.29) is 5.97 Å². The van der Waals surface area contributed by atoms with Crippen molar-refractivity contribution in [2.24, 2.45) is 5.92 Å². The highest BCUT2D eigenvalue weighted by molar-refractivity contribution is 5.69. The van der Waals surface area contributed by atoms with Gasteiger partial charge in [-0.25, -0.2) is 0 Å². The van der Waals surface area contributed by atoms with E-state index in [1.54, 1.807) is 7.11 Å². The second kappa shape index (κ2) is 9.34. The van der Waals surface area contributed by atoms with Crippen LogP contribution < -0.4 is 0 Å². The van der Waals surface area contributed by atoms with E-state index in [0.29, 0.717) is 13.0 Å². The molecule has 0 aliphatic carbocycles. The fraction of sp³-hybridized carbons (Fsp3) is 0.929. The van der Waals surface area contributed by atoms with Crippen molar-refractivity contribution < 1.29 is 14.3 Å². The number of carbonyl (C=O) groups excluding carboxylic acids is 1. The van der Waals surface area contributed by atoms with Gasteiger partial charge >= 0.3 is 5.97 Å². The Hall–Kier alpha value is -0.610. The number of nitrogens with zero attached hydrogens (tertiary/aromatic N) is 1. The van der Waals surface area contributed by atoms with Gasteiger partial charge in [0.2, 0.25) is 0 Å². The van der Waals surface area contributed by atoms with E-state index >= 15 is 0 Å². The molecule has 1 saturated heterocycles. The average molecular weight is 257 g/mol. The van der Waals surface area contributed by atoms with Gasteiger partial charge in [0, 0.05) is 20.1 Å². The van der Waals surface area contributed by atoms with E-state index in [0.717, 1.165) is 31.9 Å². The molecule has 18 heavy (non-hydrogen) atoms. The predicted molar refractivity (Wildman–Crippen MR) is 71.5 cm³/mol. The van der Waals surface area contributed by atoms with Crippen LogP contribution in [0, 0.1) is 5.92 Å². The third-order valence-corrected chi connectivity index (χ3v) is 3.43. The molecule has 0 aromatic rings. The Morgan fingerprint density at radius 1 is 1.33 bits per heavy atom. The molecule has 0 spiro atoms. The van der Waals surface area contributed by atoms with Crippen molar-refractivity contribution in [1.82, 2.24) is 4.90 Å². The van der Waals surface area contributed by atoms with Crippen LogP contribution in [0.15, 0.2) is 0 Å². The van der Waals surface area contributed by atoms with Crippen molar-refractivity contribution in [3.8, 4) is 0 Å². The maximum Gasteiger partial charge on any atom is 0.305 e. The maximum atomic E-state index is 11.1. The molecule has 4 nitrogen and oxygen atoms in total. The number of hydrogen-bond acceptors (Lipinski definition) is 4. The number of ether oxygens (including phenoxy) is 2. The molecule has 0 saturated carbocycles. The van der Waals surface area contributed by atoms with Gasteiger partial charge in [0.25, 0.3) is 0 Å². The Labute approximate surface area is 111 Å². The Morgan fingerprint density at radius 3 is 2.89 bits per heavy atom. The highest BCUT2D eigenvalue weighted by Crippen LogP contribution is 2.17. The minimum absolute atomic E-state index is 0.0566. The number of hydrogen-bond donors (Lipinski definition) is 0. The first-order valence-electron chi connectivity index (χ1n) is 7.13. The van der Waals surface area contributed by atoms with Gasteiger partial charge in [-0.15, -0.1) is 0 Å². The number of likely N-dealkylation sites (tertiary alicyclic amines) is 1. The van der Waals surface area contributed by atoms with Gasteiger partial charge in [-0.2, -0.15) is 0 Å². The standard InChI is InChI=1S/C14H27NO3/c1-3-18-14(16)7-5-4-6-9-15-10-8-13(11-15)12-17-2/h13H,3-12H2,1-2H3. The summed E-state index contributed by atoms with van der Waals surface area (Å²) in [6.07, 6.45) is 5.08. The molecule has 0 aromatic carbocycles. The lowest BCUT2D eigenvalue weighted by Gasteiger charge is -2.15. The summed E-state index contributed by atoms with van der Waals surface area (Å²) in [6.45, 7) is 6.76. The minimum Gasteiger partial charge on any atom is -0.466 e. The van der Waals surface area contributed by atoms with Gasteiger partial charge in [-0.1, -0.05) is 6.42 Å². The van der Waals surface area contributed by atoms with E-state index in [2.05, 4.69) is 4.90 Å². The number of rotatable bonds is 9. The zero-order chi connectivity index (χ0) is 13.2. The van der Waals surface area contributed by atoms with Crippen LogP contribution in [-0.4, -0.2) is 50.8 Å². The van der Waals surface area contributed by atoms with Crippen LogP contribution in [0.5, 0.6) is 0 Å². The first-order chi connectivity index (χ1) is 8.76. The molecule has 1 fully saturated rings. The molecule has 0 radical (unpaired) electrons. The van der Waals surface area contributed by atoms with Crippen LogP contribution in [0.4, 0.5) is 0 Å². The summed E-state index contributed by atoms with van der Waals surface area (Å²) in [5, 5.41) is 0. The maximum absolute atomic E-state index is 11.1. The number of unbranched alkanes of at least 4 members (excludes halogenated alkanes) is 2. The van der Waals surface area contributed by atoms with E-state index in [1.807, 2.05) is 6.92 Å². The van der Waals surface area contributed by atoms with E-state index in [4.69, 9.17) is 9.47 Å². The fourth-order valence-electron chi connectivity index (χ4n) is 2.50. The van der Waals surface area contributed by atoms with Crippen LogP contribution in [0.2, 0.25) is 0 Å². The summed E-state index contributed by atoms with van der Waals surface area (Å²) in [6, 6.07) is 0. The van der Waals surface area contributed by atoms with Crippen molar-refractivity contribution in [1.29, 1.82) is 0 Å². The topological polar surface area (TPSA) is 38.8 Å². The van der Waals surface area contributed by atoms with Gasteiger partial charge in [0.1, 0.15) is 0 Å². The van der Waals surface area contributed by atoms with E-state index in [1.165, 1.54) is 25.9 Å².